The molecule has 0 saturated heterocycles. The van der Waals surface area contributed by atoms with Gasteiger partial charge in [0.2, 0.25) is 0 Å². The van der Waals surface area contributed by atoms with Crippen LogP contribution in [0.4, 0.5) is 0 Å². The Hall–Kier alpha value is -0.0200. The summed E-state index contributed by atoms with van der Waals surface area (Å²) in [4.78, 5) is 1.15. The molecule has 90 valence electrons. The van der Waals surface area contributed by atoms with Gasteiger partial charge in [-0.2, -0.15) is 0 Å². The fraction of sp³-hybridized carbons (Fsp3) is 0.231. The van der Waals surface area contributed by atoms with Crippen LogP contribution >= 0.6 is 50.5 Å². The fourth-order valence-corrected chi connectivity index (χ4v) is 4.32. The van der Waals surface area contributed by atoms with Crippen LogP contribution in [0.3, 0.4) is 0 Å². The van der Waals surface area contributed by atoms with Gasteiger partial charge < -0.3 is 0 Å². The van der Waals surface area contributed by atoms with Crippen LogP contribution in [-0.4, -0.2) is 0 Å². The smallest absolute Gasteiger partial charge is 0.0767 e. The first-order valence-electron chi connectivity index (χ1n) is 5.14. The van der Waals surface area contributed by atoms with Gasteiger partial charge in [0.1, 0.15) is 0 Å². The second-order valence-corrected chi connectivity index (χ2v) is 6.63. The molecule has 0 N–H and O–H groups in total. The molecule has 0 amide bonds. The van der Waals surface area contributed by atoms with Crippen molar-refractivity contribution >= 4 is 50.5 Å². The van der Waals surface area contributed by atoms with Gasteiger partial charge in [-0.3, -0.25) is 0 Å². The molecule has 1 atom stereocenters. The lowest BCUT2D eigenvalue weighted by Gasteiger charge is -2.13. The molecular weight excluding hydrogens is 339 g/mol. The molecule has 2 rings (SSSR count). The van der Waals surface area contributed by atoms with Crippen molar-refractivity contribution < 1.29 is 0 Å². The van der Waals surface area contributed by atoms with Crippen molar-refractivity contribution in [3.8, 4) is 0 Å². The highest BCUT2D eigenvalue weighted by Crippen LogP contribution is 2.41. The minimum atomic E-state index is 0.0572. The van der Waals surface area contributed by atoms with Gasteiger partial charge in [-0.1, -0.05) is 45.2 Å². The highest BCUT2D eigenvalue weighted by Gasteiger charge is 2.18. The van der Waals surface area contributed by atoms with Crippen molar-refractivity contribution in [1.29, 1.82) is 0 Å². The number of benzene rings is 1. The molecule has 0 bridgehead atoms. The molecule has 1 aromatic carbocycles. The van der Waals surface area contributed by atoms with Crippen molar-refractivity contribution in [2.24, 2.45) is 0 Å². The summed E-state index contributed by atoms with van der Waals surface area (Å²) in [6.07, 6.45) is 0. The van der Waals surface area contributed by atoms with Gasteiger partial charge in [0.05, 0.1) is 9.85 Å². The van der Waals surface area contributed by atoms with E-state index in [1.165, 1.54) is 11.1 Å². The summed E-state index contributed by atoms with van der Waals surface area (Å²) >= 11 is 17.8. The van der Waals surface area contributed by atoms with Crippen molar-refractivity contribution in [2.45, 2.75) is 18.7 Å². The van der Waals surface area contributed by atoms with Gasteiger partial charge >= 0.3 is 0 Å². The number of hydrogen-bond acceptors (Lipinski definition) is 1. The number of rotatable bonds is 2. The van der Waals surface area contributed by atoms with Crippen molar-refractivity contribution in [3.63, 3.8) is 0 Å². The standard InChI is InChI=1S/C13H11BrCl2S/c1-7-5-9(11(16)6-8(7)2)12(14)13-10(15)3-4-17-13/h3-6,12H,1-2H3. The zero-order valence-electron chi connectivity index (χ0n) is 9.43. The summed E-state index contributed by atoms with van der Waals surface area (Å²) in [7, 11) is 0. The van der Waals surface area contributed by atoms with Crippen LogP contribution < -0.4 is 0 Å². The molecule has 0 spiro atoms. The normalized spacial score (nSPS) is 12.8. The summed E-state index contributed by atoms with van der Waals surface area (Å²) in [6.45, 7) is 4.15. The van der Waals surface area contributed by atoms with E-state index in [1.807, 2.05) is 17.5 Å². The number of aryl methyl sites for hydroxylation is 2. The maximum Gasteiger partial charge on any atom is 0.0767 e. The van der Waals surface area contributed by atoms with E-state index in [2.05, 4.69) is 35.8 Å². The van der Waals surface area contributed by atoms with Gasteiger partial charge in [0.15, 0.2) is 0 Å². The maximum absolute atomic E-state index is 6.30. The van der Waals surface area contributed by atoms with Gasteiger partial charge in [0, 0.05) is 9.90 Å². The number of halogens is 3. The third kappa shape index (κ3) is 2.70. The molecule has 0 fully saturated rings. The van der Waals surface area contributed by atoms with E-state index in [1.54, 1.807) is 11.3 Å². The van der Waals surface area contributed by atoms with E-state index in [-0.39, 0.29) is 4.83 Å². The Balaban J connectivity index is 2.48. The summed E-state index contributed by atoms with van der Waals surface area (Å²) in [6, 6.07) is 6.03. The molecule has 0 aliphatic heterocycles. The first-order chi connectivity index (χ1) is 8.00. The minimum absolute atomic E-state index is 0.0572. The Labute approximate surface area is 124 Å². The second-order valence-electron chi connectivity index (χ2n) is 3.95. The Kier molecular flexibility index (Phi) is 4.19. The van der Waals surface area contributed by atoms with E-state index in [9.17, 15) is 0 Å². The van der Waals surface area contributed by atoms with Crippen LogP contribution in [-0.2, 0) is 0 Å². The highest BCUT2D eigenvalue weighted by molar-refractivity contribution is 9.09. The first-order valence-corrected chi connectivity index (χ1v) is 7.69. The lowest BCUT2D eigenvalue weighted by Crippen LogP contribution is -1.94. The zero-order chi connectivity index (χ0) is 12.6. The maximum atomic E-state index is 6.30. The third-order valence-electron chi connectivity index (χ3n) is 2.76. The van der Waals surface area contributed by atoms with E-state index in [0.29, 0.717) is 0 Å². The molecule has 0 saturated carbocycles. The minimum Gasteiger partial charge on any atom is -0.146 e. The van der Waals surface area contributed by atoms with E-state index in [0.717, 1.165) is 20.5 Å². The van der Waals surface area contributed by atoms with E-state index >= 15 is 0 Å². The zero-order valence-corrected chi connectivity index (χ0v) is 13.3. The number of alkyl halides is 1. The molecule has 0 nitrogen and oxygen atoms in total. The molecular formula is C13H11BrCl2S. The monoisotopic (exact) mass is 348 g/mol. The Morgan fingerprint density at radius 2 is 1.76 bits per heavy atom. The lowest BCUT2D eigenvalue weighted by molar-refractivity contribution is 1.19. The molecule has 0 radical (unpaired) electrons. The van der Waals surface area contributed by atoms with Gasteiger partial charge in [-0.15, -0.1) is 11.3 Å². The van der Waals surface area contributed by atoms with Crippen molar-refractivity contribution in [2.75, 3.05) is 0 Å². The lowest BCUT2D eigenvalue weighted by atomic mass is 10.0. The summed E-state index contributed by atoms with van der Waals surface area (Å²) in [5.41, 5.74) is 3.51. The molecule has 1 unspecified atom stereocenters. The molecule has 0 aliphatic rings. The Morgan fingerprint density at radius 1 is 1.12 bits per heavy atom. The van der Waals surface area contributed by atoms with Gasteiger partial charge in [-0.25, -0.2) is 0 Å². The van der Waals surface area contributed by atoms with Crippen LogP contribution in [0.2, 0.25) is 10.0 Å². The quantitative estimate of drug-likeness (QED) is 0.570. The summed E-state index contributed by atoms with van der Waals surface area (Å²) < 4.78 is 0. The number of thiophene rings is 1. The predicted octanol–water partition coefficient (Wildman–Crippen LogP) is 6.16. The van der Waals surface area contributed by atoms with Crippen LogP contribution in [0.5, 0.6) is 0 Å². The van der Waals surface area contributed by atoms with Crippen LogP contribution in [0.15, 0.2) is 23.6 Å². The van der Waals surface area contributed by atoms with Crippen molar-refractivity contribution in [1.82, 2.24) is 0 Å². The van der Waals surface area contributed by atoms with Crippen LogP contribution in [0, 0.1) is 13.8 Å². The third-order valence-corrected chi connectivity index (χ3v) is 5.77. The van der Waals surface area contributed by atoms with Crippen LogP contribution in [0.25, 0.3) is 0 Å². The molecule has 17 heavy (non-hydrogen) atoms. The van der Waals surface area contributed by atoms with E-state index in [4.69, 9.17) is 23.2 Å². The SMILES string of the molecule is Cc1cc(Cl)c(C(Br)c2sccc2Cl)cc1C. The molecule has 1 aromatic heterocycles. The molecule has 1 heterocycles. The van der Waals surface area contributed by atoms with Gasteiger partial charge in [0.25, 0.3) is 0 Å². The average molecular weight is 350 g/mol. The average Bonchev–Trinajstić information content (AvgIpc) is 2.69. The second kappa shape index (κ2) is 5.31. The first kappa shape index (κ1) is 13.4. The molecule has 2 aromatic rings. The predicted molar refractivity (Wildman–Crippen MR) is 81.0 cm³/mol. The largest absolute Gasteiger partial charge is 0.146 e. The van der Waals surface area contributed by atoms with Crippen molar-refractivity contribution in [3.05, 3.63) is 55.2 Å². The molecule has 0 aliphatic carbocycles. The van der Waals surface area contributed by atoms with Crippen LogP contribution in [0.1, 0.15) is 26.4 Å². The Morgan fingerprint density at radius 3 is 2.35 bits per heavy atom. The van der Waals surface area contributed by atoms with Gasteiger partial charge in [-0.05, 0) is 48.1 Å². The van der Waals surface area contributed by atoms with E-state index < -0.39 is 0 Å². The topological polar surface area (TPSA) is 0 Å². The summed E-state index contributed by atoms with van der Waals surface area (Å²) in [5, 5.41) is 3.55. The molecule has 4 heteroatoms. The summed E-state index contributed by atoms with van der Waals surface area (Å²) in [5.74, 6) is 0. The Bertz CT molecular complexity index is 548. The highest BCUT2D eigenvalue weighted by atomic mass is 79.9. The number of hydrogen-bond donors (Lipinski definition) is 0. The fourth-order valence-electron chi connectivity index (χ4n) is 1.63.